The zero-order valence-corrected chi connectivity index (χ0v) is 14.8. The van der Waals surface area contributed by atoms with E-state index in [9.17, 15) is 9.18 Å². The van der Waals surface area contributed by atoms with Crippen molar-refractivity contribution >= 4 is 22.9 Å². The van der Waals surface area contributed by atoms with Crippen LogP contribution in [0.2, 0.25) is 0 Å². The molecule has 0 fully saturated rings. The quantitative estimate of drug-likeness (QED) is 0.820. The molecule has 1 aromatic carbocycles. The molecule has 2 aliphatic rings. The summed E-state index contributed by atoms with van der Waals surface area (Å²) in [5.41, 5.74) is 3.54. The lowest BCUT2D eigenvalue weighted by Crippen LogP contribution is -2.41. The molecular formula is C19H19FN2OS. The monoisotopic (exact) mass is 342 g/mol. The number of halogens is 1. The number of rotatable bonds is 1. The zero-order valence-electron chi connectivity index (χ0n) is 13.9. The van der Waals surface area contributed by atoms with Crippen LogP contribution in [0.1, 0.15) is 44.1 Å². The molecule has 124 valence electrons. The van der Waals surface area contributed by atoms with Crippen LogP contribution in [-0.2, 0) is 10.2 Å². The largest absolute Gasteiger partial charge is 0.342 e. The van der Waals surface area contributed by atoms with Crippen LogP contribution in [0.25, 0.3) is 0 Å². The van der Waals surface area contributed by atoms with Gasteiger partial charge in [0.1, 0.15) is 11.6 Å². The Morgan fingerprint density at radius 3 is 2.79 bits per heavy atom. The molecule has 24 heavy (non-hydrogen) atoms. The second-order valence-corrected chi connectivity index (χ2v) is 8.44. The van der Waals surface area contributed by atoms with Crippen molar-refractivity contribution in [2.45, 2.75) is 39.0 Å². The summed E-state index contributed by atoms with van der Waals surface area (Å²) in [5.74, 6) is 0.639. The molecular weight excluding hydrogens is 323 g/mol. The van der Waals surface area contributed by atoms with Crippen LogP contribution in [0.15, 0.2) is 41.0 Å². The molecule has 1 aliphatic carbocycles. The van der Waals surface area contributed by atoms with Gasteiger partial charge in [0.25, 0.3) is 0 Å². The topological polar surface area (TPSA) is 42.0 Å². The smallest absolute Gasteiger partial charge is 0.162 e. The van der Waals surface area contributed by atoms with Crippen molar-refractivity contribution < 1.29 is 9.18 Å². The van der Waals surface area contributed by atoms with Gasteiger partial charge in [-0.05, 0) is 36.5 Å². The van der Waals surface area contributed by atoms with Gasteiger partial charge in [-0.2, -0.15) is 0 Å². The Morgan fingerprint density at radius 2 is 2.04 bits per heavy atom. The Bertz CT molecular complexity index is 883. The van der Waals surface area contributed by atoms with Crippen molar-refractivity contribution in [2.24, 2.45) is 5.41 Å². The van der Waals surface area contributed by atoms with E-state index in [4.69, 9.17) is 0 Å². The second kappa shape index (κ2) is 4.99. The van der Waals surface area contributed by atoms with E-state index in [1.165, 1.54) is 23.5 Å². The number of nitrogens with one attached hydrogen (secondary N) is 1. The van der Waals surface area contributed by atoms with Crippen LogP contribution >= 0.6 is 11.3 Å². The van der Waals surface area contributed by atoms with Gasteiger partial charge in [0, 0.05) is 17.7 Å². The van der Waals surface area contributed by atoms with E-state index in [2.05, 4.69) is 24.1 Å². The van der Waals surface area contributed by atoms with Crippen LogP contribution < -0.4 is 5.32 Å². The van der Waals surface area contributed by atoms with Crippen molar-refractivity contribution in [3.05, 3.63) is 57.3 Å². The first-order valence-corrected chi connectivity index (χ1v) is 8.93. The van der Waals surface area contributed by atoms with Gasteiger partial charge in [0.2, 0.25) is 0 Å². The molecule has 0 saturated heterocycles. The third-order valence-electron chi connectivity index (χ3n) is 5.07. The van der Waals surface area contributed by atoms with Crippen LogP contribution in [0.3, 0.4) is 0 Å². The maximum Gasteiger partial charge on any atom is 0.162 e. The van der Waals surface area contributed by atoms with Crippen LogP contribution in [0.5, 0.6) is 0 Å². The summed E-state index contributed by atoms with van der Waals surface area (Å²) < 4.78 is 13.9. The number of fused-ring (bicyclic) bond motifs is 1. The lowest BCUT2D eigenvalue weighted by molar-refractivity contribution is -0.118. The number of Topliss-reactive ketones (excluding diaryl/α,β-unsaturated/α-hetero) is 1. The van der Waals surface area contributed by atoms with E-state index in [1.54, 1.807) is 11.6 Å². The van der Waals surface area contributed by atoms with Gasteiger partial charge in [0.05, 0.1) is 15.8 Å². The lowest BCUT2D eigenvalue weighted by atomic mass is 9.64. The number of nitrogens with zero attached hydrogens (tertiary/aromatic N) is 1. The fourth-order valence-corrected chi connectivity index (χ4v) is 4.96. The molecule has 1 N–H and O–H groups in total. The summed E-state index contributed by atoms with van der Waals surface area (Å²) in [6, 6.07) is 6.57. The molecule has 1 atom stereocenters. The Hall–Kier alpha value is -2.01. The predicted molar refractivity (Wildman–Crippen MR) is 93.6 cm³/mol. The summed E-state index contributed by atoms with van der Waals surface area (Å²) in [6.07, 6.45) is 1.29. The molecule has 3 nitrogen and oxygen atoms in total. The van der Waals surface area contributed by atoms with E-state index in [0.717, 1.165) is 33.9 Å². The van der Waals surface area contributed by atoms with E-state index in [-0.39, 0.29) is 17.0 Å². The van der Waals surface area contributed by atoms with E-state index in [0.29, 0.717) is 6.42 Å². The Labute approximate surface area is 144 Å². The minimum absolute atomic E-state index is 0.0840. The van der Waals surface area contributed by atoms with Crippen molar-refractivity contribution in [2.75, 3.05) is 5.32 Å². The fourth-order valence-electron chi connectivity index (χ4n) is 4.03. The average Bonchev–Trinajstić information content (AvgIpc) is 2.94. The highest BCUT2D eigenvalue weighted by atomic mass is 32.1. The van der Waals surface area contributed by atoms with Crippen molar-refractivity contribution in [3.8, 4) is 0 Å². The van der Waals surface area contributed by atoms with Gasteiger partial charge in [-0.15, -0.1) is 11.3 Å². The van der Waals surface area contributed by atoms with Crippen molar-refractivity contribution in [1.29, 1.82) is 0 Å². The SMILES string of the molecule is CC1(C)CC(=O)C2=C(C1)Nc1ncsc1C2(C)c1cccc(F)c1. The number of carbonyl (C=O) groups is 1. The lowest BCUT2D eigenvalue weighted by Gasteiger charge is -2.43. The number of benzene rings is 1. The highest BCUT2D eigenvalue weighted by molar-refractivity contribution is 7.10. The highest BCUT2D eigenvalue weighted by Gasteiger charge is 2.48. The normalized spacial score (nSPS) is 25.1. The molecule has 0 bridgehead atoms. The van der Waals surface area contributed by atoms with Crippen LogP contribution in [-0.4, -0.2) is 10.8 Å². The van der Waals surface area contributed by atoms with Crippen LogP contribution in [0.4, 0.5) is 10.2 Å². The molecule has 1 aromatic heterocycles. The summed E-state index contributed by atoms with van der Waals surface area (Å²) in [4.78, 5) is 18.4. The van der Waals surface area contributed by atoms with Gasteiger partial charge in [-0.25, -0.2) is 9.37 Å². The molecule has 2 heterocycles. The molecule has 5 heteroatoms. The Morgan fingerprint density at radius 1 is 1.25 bits per heavy atom. The molecule has 2 aromatic rings. The van der Waals surface area contributed by atoms with Gasteiger partial charge < -0.3 is 5.32 Å². The van der Waals surface area contributed by atoms with Gasteiger partial charge >= 0.3 is 0 Å². The Kier molecular flexibility index (Phi) is 3.23. The maximum absolute atomic E-state index is 13.9. The summed E-state index contributed by atoms with van der Waals surface area (Å²) >= 11 is 1.51. The number of ketones is 1. The van der Waals surface area contributed by atoms with Crippen molar-refractivity contribution in [1.82, 2.24) is 4.98 Å². The predicted octanol–water partition coefficient (Wildman–Crippen LogP) is 4.66. The molecule has 4 rings (SSSR count). The fraction of sp³-hybridized carbons (Fsp3) is 0.368. The van der Waals surface area contributed by atoms with Crippen LogP contribution in [0, 0.1) is 11.2 Å². The minimum atomic E-state index is -0.660. The number of hydrogen-bond acceptors (Lipinski definition) is 4. The number of anilines is 1. The molecule has 0 radical (unpaired) electrons. The summed E-state index contributed by atoms with van der Waals surface area (Å²) in [5, 5.41) is 3.37. The van der Waals surface area contributed by atoms with Gasteiger partial charge in [-0.3, -0.25) is 4.79 Å². The number of allylic oxidation sites excluding steroid dienone is 2. The first-order chi connectivity index (χ1) is 11.3. The molecule has 0 spiro atoms. The molecule has 0 amide bonds. The number of carbonyl (C=O) groups excluding carboxylic acids is 1. The second-order valence-electron chi connectivity index (χ2n) is 7.58. The van der Waals surface area contributed by atoms with E-state index in [1.807, 2.05) is 13.0 Å². The summed E-state index contributed by atoms with van der Waals surface area (Å²) in [7, 11) is 0. The highest BCUT2D eigenvalue weighted by Crippen LogP contribution is 2.53. The molecule has 1 unspecified atom stereocenters. The molecule has 1 aliphatic heterocycles. The van der Waals surface area contributed by atoms with E-state index >= 15 is 0 Å². The standard InChI is InChI=1S/C19H19FN2OS/c1-18(2)8-13-15(14(23)9-18)19(3,11-5-4-6-12(20)7-11)16-17(22-13)21-10-24-16/h4-7,10,22H,8-9H2,1-3H3. The number of thiazole rings is 1. The maximum atomic E-state index is 13.9. The van der Waals surface area contributed by atoms with Gasteiger partial charge in [0.15, 0.2) is 5.78 Å². The number of aromatic nitrogens is 1. The van der Waals surface area contributed by atoms with Crippen molar-refractivity contribution in [3.63, 3.8) is 0 Å². The average molecular weight is 342 g/mol. The third kappa shape index (κ3) is 2.14. The first kappa shape index (κ1) is 15.5. The number of hydrogen-bond donors (Lipinski definition) is 1. The summed E-state index contributed by atoms with van der Waals surface area (Å²) in [6.45, 7) is 6.23. The van der Waals surface area contributed by atoms with E-state index < -0.39 is 5.41 Å². The molecule has 0 saturated carbocycles. The minimum Gasteiger partial charge on any atom is -0.342 e. The van der Waals surface area contributed by atoms with Gasteiger partial charge in [-0.1, -0.05) is 26.0 Å². The third-order valence-corrected chi connectivity index (χ3v) is 6.12. The zero-order chi connectivity index (χ0) is 17.1. The first-order valence-electron chi connectivity index (χ1n) is 8.05. The Balaban J connectivity index is 2.00.